The molecule has 4 nitrogen and oxygen atoms in total. The van der Waals surface area contributed by atoms with Crippen molar-refractivity contribution < 1.29 is 19.7 Å². The second kappa shape index (κ2) is 4.99. The first-order valence-corrected chi connectivity index (χ1v) is 5.06. The summed E-state index contributed by atoms with van der Waals surface area (Å²) in [5.74, 6) is -0.377. The third kappa shape index (κ3) is 2.52. The second-order valence-corrected chi connectivity index (χ2v) is 3.90. The molecule has 1 aromatic rings. The predicted octanol–water partition coefficient (Wildman–Crippen LogP) is 1.94. The number of hydrogen-bond acceptors (Lipinski definition) is 3. The van der Waals surface area contributed by atoms with Gasteiger partial charge in [0.2, 0.25) is 0 Å². The van der Waals surface area contributed by atoms with Crippen molar-refractivity contribution in [1.29, 1.82) is 0 Å². The maximum atomic E-state index is 10.6. The Kier molecular flexibility index (Phi) is 3.90. The van der Waals surface area contributed by atoms with E-state index in [1.54, 1.807) is 18.2 Å². The summed E-state index contributed by atoms with van der Waals surface area (Å²) in [6.45, 7) is 4.04. The molecule has 4 heteroatoms. The van der Waals surface area contributed by atoms with Crippen LogP contribution in [0.15, 0.2) is 18.2 Å². The van der Waals surface area contributed by atoms with E-state index in [-0.39, 0.29) is 5.92 Å². The number of benzene rings is 1. The standard InChI is InChI=1S/C12H16O4/c1-7(2)9-5-4-8(6-10(9)16-3)11(13)12(14)15/h4-7,11,13H,1-3H3,(H,14,15). The number of carboxylic acid groups (broad SMARTS) is 1. The predicted molar refractivity (Wildman–Crippen MR) is 59.7 cm³/mol. The molecule has 0 bridgehead atoms. The highest BCUT2D eigenvalue weighted by atomic mass is 16.5. The van der Waals surface area contributed by atoms with Gasteiger partial charge in [0.05, 0.1) is 7.11 Å². The van der Waals surface area contributed by atoms with Crippen LogP contribution in [0.5, 0.6) is 5.75 Å². The van der Waals surface area contributed by atoms with Crippen LogP contribution < -0.4 is 4.74 Å². The summed E-state index contributed by atoms with van der Waals surface area (Å²) in [4.78, 5) is 10.6. The van der Waals surface area contributed by atoms with E-state index in [0.717, 1.165) is 5.56 Å². The van der Waals surface area contributed by atoms with E-state index in [1.807, 2.05) is 13.8 Å². The molecule has 0 radical (unpaired) electrons. The molecule has 0 aromatic heterocycles. The Labute approximate surface area is 94.5 Å². The van der Waals surface area contributed by atoms with Crippen molar-refractivity contribution in [3.8, 4) is 5.75 Å². The van der Waals surface area contributed by atoms with Gasteiger partial charge in [0.25, 0.3) is 0 Å². The van der Waals surface area contributed by atoms with Gasteiger partial charge >= 0.3 is 5.97 Å². The summed E-state index contributed by atoms with van der Waals surface area (Å²) in [5.41, 5.74) is 1.32. The van der Waals surface area contributed by atoms with Gasteiger partial charge in [0.15, 0.2) is 6.10 Å². The number of carbonyl (C=O) groups is 1. The number of ether oxygens (including phenoxy) is 1. The molecular weight excluding hydrogens is 208 g/mol. The van der Waals surface area contributed by atoms with Gasteiger partial charge in [0, 0.05) is 0 Å². The molecule has 1 aromatic carbocycles. The van der Waals surface area contributed by atoms with E-state index in [9.17, 15) is 9.90 Å². The quantitative estimate of drug-likeness (QED) is 0.820. The maximum Gasteiger partial charge on any atom is 0.337 e. The highest BCUT2D eigenvalue weighted by molar-refractivity contribution is 5.74. The average molecular weight is 224 g/mol. The topological polar surface area (TPSA) is 66.8 Å². The minimum atomic E-state index is -1.50. The Balaban J connectivity index is 3.13. The minimum absolute atomic E-state index is 0.283. The molecule has 88 valence electrons. The van der Waals surface area contributed by atoms with Gasteiger partial charge < -0.3 is 14.9 Å². The molecule has 0 fully saturated rings. The maximum absolute atomic E-state index is 10.6. The van der Waals surface area contributed by atoms with Crippen molar-refractivity contribution in [2.24, 2.45) is 0 Å². The van der Waals surface area contributed by atoms with Gasteiger partial charge in [-0.2, -0.15) is 0 Å². The number of aliphatic carboxylic acids is 1. The average Bonchev–Trinajstić information content (AvgIpc) is 2.26. The smallest absolute Gasteiger partial charge is 0.337 e. The van der Waals surface area contributed by atoms with Crippen LogP contribution in [0.4, 0.5) is 0 Å². The largest absolute Gasteiger partial charge is 0.496 e. The molecule has 0 saturated carbocycles. The second-order valence-electron chi connectivity index (χ2n) is 3.90. The fourth-order valence-electron chi connectivity index (χ4n) is 1.52. The van der Waals surface area contributed by atoms with Crippen LogP contribution in [0.25, 0.3) is 0 Å². The normalized spacial score (nSPS) is 12.6. The Morgan fingerprint density at radius 2 is 2.00 bits per heavy atom. The Hall–Kier alpha value is -1.55. The van der Waals surface area contributed by atoms with E-state index in [2.05, 4.69) is 0 Å². The summed E-state index contributed by atoms with van der Waals surface area (Å²) in [6, 6.07) is 4.95. The first-order valence-electron chi connectivity index (χ1n) is 5.06. The van der Waals surface area contributed by atoms with Crippen LogP contribution in [0, 0.1) is 0 Å². The van der Waals surface area contributed by atoms with Crippen LogP contribution in [0.2, 0.25) is 0 Å². The molecule has 1 rings (SSSR count). The summed E-state index contributed by atoms with van der Waals surface area (Å²) in [5, 5.41) is 18.1. The number of aliphatic hydroxyl groups is 1. The lowest BCUT2D eigenvalue weighted by Crippen LogP contribution is -2.10. The molecule has 0 heterocycles. The lowest BCUT2D eigenvalue weighted by atomic mass is 9.98. The molecule has 0 aliphatic carbocycles. The van der Waals surface area contributed by atoms with E-state index in [4.69, 9.17) is 9.84 Å². The molecule has 0 spiro atoms. The lowest BCUT2D eigenvalue weighted by molar-refractivity contribution is -0.146. The van der Waals surface area contributed by atoms with E-state index in [0.29, 0.717) is 11.3 Å². The van der Waals surface area contributed by atoms with Crippen molar-refractivity contribution in [2.45, 2.75) is 25.9 Å². The van der Waals surface area contributed by atoms with Crippen molar-refractivity contribution in [3.63, 3.8) is 0 Å². The number of rotatable bonds is 4. The molecule has 0 aliphatic heterocycles. The highest BCUT2D eigenvalue weighted by Crippen LogP contribution is 2.29. The molecular formula is C12H16O4. The molecule has 16 heavy (non-hydrogen) atoms. The molecule has 0 aliphatic rings. The lowest BCUT2D eigenvalue weighted by Gasteiger charge is -2.14. The first-order chi connectivity index (χ1) is 7.47. The fourth-order valence-corrected chi connectivity index (χ4v) is 1.52. The van der Waals surface area contributed by atoms with Gasteiger partial charge in [-0.1, -0.05) is 26.0 Å². The molecule has 0 saturated heterocycles. The summed E-state index contributed by atoms with van der Waals surface area (Å²) in [6.07, 6.45) is -1.50. The fraction of sp³-hybridized carbons (Fsp3) is 0.417. The number of aliphatic hydroxyl groups excluding tert-OH is 1. The van der Waals surface area contributed by atoms with Gasteiger partial charge in [-0.3, -0.25) is 0 Å². The molecule has 2 N–H and O–H groups in total. The first kappa shape index (κ1) is 12.5. The van der Waals surface area contributed by atoms with Crippen LogP contribution >= 0.6 is 0 Å². The SMILES string of the molecule is COc1cc(C(O)C(=O)O)ccc1C(C)C. The Morgan fingerprint density at radius 3 is 2.44 bits per heavy atom. The van der Waals surface area contributed by atoms with Crippen molar-refractivity contribution >= 4 is 5.97 Å². The van der Waals surface area contributed by atoms with Gasteiger partial charge in [-0.15, -0.1) is 0 Å². The van der Waals surface area contributed by atoms with Crippen molar-refractivity contribution in [1.82, 2.24) is 0 Å². The third-order valence-electron chi connectivity index (χ3n) is 2.43. The van der Waals surface area contributed by atoms with Crippen LogP contribution in [0.1, 0.15) is 37.0 Å². The van der Waals surface area contributed by atoms with Gasteiger partial charge in [-0.25, -0.2) is 4.79 Å². The minimum Gasteiger partial charge on any atom is -0.496 e. The zero-order valence-electron chi connectivity index (χ0n) is 9.60. The molecule has 1 atom stereocenters. The number of methoxy groups -OCH3 is 1. The van der Waals surface area contributed by atoms with Gasteiger partial charge in [0.1, 0.15) is 5.75 Å². The Bertz CT molecular complexity index is 385. The molecule has 0 amide bonds. The van der Waals surface area contributed by atoms with E-state index < -0.39 is 12.1 Å². The zero-order chi connectivity index (χ0) is 12.3. The number of hydrogen-bond donors (Lipinski definition) is 2. The van der Waals surface area contributed by atoms with E-state index >= 15 is 0 Å². The number of carboxylic acids is 1. The summed E-state index contributed by atoms with van der Waals surface area (Å²) < 4.78 is 5.17. The summed E-state index contributed by atoms with van der Waals surface area (Å²) >= 11 is 0. The van der Waals surface area contributed by atoms with E-state index in [1.165, 1.54) is 7.11 Å². The monoisotopic (exact) mass is 224 g/mol. The van der Waals surface area contributed by atoms with Crippen LogP contribution in [-0.2, 0) is 4.79 Å². The Morgan fingerprint density at radius 1 is 1.38 bits per heavy atom. The highest BCUT2D eigenvalue weighted by Gasteiger charge is 2.18. The van der Waals surface area contributed by atoms with Crippen LogP contribution in [-0.4, -0.2) is 23.3 Å². The van der Waals surface area contributed by atoms with Crippen LogP contribution in [0.3, 0.4) is 0 Å². The van der Waals surface area contributed by atoms with Gasteiger partial charge in [-0.05, 0) is 23.1 Å². The summed E-state index contributed by atoms with van der Waals surface area (Å²) in [7, 11) is 1.53. The van der Waals surface area contributed by atoms with Crippen molar-refractivity contribution in [2.75, 3.05) is 7.11 Å². The third-order valence-corrected chi connectivity index (χ3v) is 2.43. The molecule has 1 unspecified atom stereocenters. The van der Waals surface area contributed by atoms with Crippen molar-refractivity contribution in [3.05, 3.63) is 29.3 Å². The zero-order valence-corrected chi connectivity index (χ0v) is 9.60.